The van der Waals surface area contributed by atoms with Crippen LogP contribution in [0.15, 0.2) is 156 Å². The summed E-state index contributed by atoms with van der Waals surface area (Å²) < 4.78 is 6.36. The number of rotatable bonds is 7. The Morgan fingerprint density at radius 3 is 1.48 bits per heavy atom. The minimum absolute atomic E-state index is 0.403. The van der Waals surface area contributed by atoms with Gasteiger partial charge in [0.2, 0.25) is 0 Å². The number of pyridine rings is 2. The summed E-state index contributed by atoms with van der Waals surface area (Å²) in [6, 6.07) is 43.0. The minimum Gasteiger partial charge on any atom is -0.486 e. The highest BCUT2D eigenvalue weighted by atomic mass is 16.5. The third kappa shape index (κ3) is 8.51. The van der Waals surface area contributed by atoms with Crippen molar-refractivity contribution in [3.63, 3.8) is 0 Å². The predicted molar refractivity (Wildman–Crippen MR) is 185 cm³/mol. The van der Waals surface area contributed by atoms with E-state index in [2.05, 4.69) is 43.6 Å². The predicted octanol–water partition coefficient (Wildman–Crippen LogP) is 8.36. The largest absolute Gasteiger partial charge is 0.486 e. The van der Waals surface area contributed by atoms with Gasteiger partial charge in [-0.05, 0) is 90.5 Å². The molecular formula is C41H28N4O. The quantitative estimate of drug-likeness (QED) is 0.138. The fourth-order valence-electron chi connectivity index (χ4n) is 4.35. The lowest BCUT2D eigenvalue weighted by Crippen LogP contribution is -1.99. The van der Waals surface area contributed by atoms with Gasteiger partial charge in [0.15, 0.2) is 5.75 Å². The molecule has 6 aromatic rings. The molecule has 0 unspecified atom stereocenters. The van der Waals surface area contributed by atoms with E-state index in [1.165, 1.54) is 0 Å². The van der Waals surface area contributed by atoms with E-state index in [0.29, 0.717) is 12.4 Å². The molecule has 0 amide bonds. The molecule has 0 aliphatic carbocycles. The molecule has 0 atom stereocenters. The summed E-state index contributed by atoms with van der Waals surface area (Å²) in [4.78, 5) is 17.6. The second-order valence-electron chi connectivity index (χ2n) is 10.1. The Morgan fingerprint density at radius 1 is 0.500 bits per heavy atom. The average molecular weight is 593 g/mol. The van der Waals surface area contributed by atoms with Crippen molar-refractivity contribution >= 4 is 23.8 Å². The Bertz CT molecular complexity index is 1940. The number of aliphatic imine (C=N–C) groups is 2. The molecule has 0 radical (unpaired) electrons. The second-order valence-corrected chi connectivity index (χ2v) is 10.1. The number of hydrogen-bond donors (Lipinski definition) is 0. The molecule has 4 aromatic carbocycles. The van der Waals surface area contributed by atoms with E-state index in [1.54, 1.807) is 24.8 Å². The molecule has 0 aliphatic rings. The van der Waals surface area contributed by atoms with Crippen molar-refractivity contribution in [3.05, 3.63) is 185 Å². The normalized spacial score (nSPS) is 10.6. The molecule has 0 saturated heterocycles. The molecule has 0 aliphatic heterocycles. The number of aromatic nitrogens is 2. The maximum absolute atomic E-state index is 6.36. The van der Waals surface area contributed by atoms with Gasteiger partial charge < -0.3 is 4.74 Å². The lowest BCUT2D eigenvalue weighted by Gasteiger charge is -2.11. The molecule has 0 bridgehead atoms. The van der Waals surface area contributed by atoms with Crippen LogP contribution in [0, 0.1) is 23.7 Å². The van der Waals surface area contributed by atoms with E-state index < -0.39 is 0 Å². The molecule has 2 aromatic heterocycles. The zero-order valence-corrected chi connectivity index (χ0v) is 24.9. The average Bonchev–Trinajstić information content (AvgIpc) is 3.13. The van der Waals surface area contributed by atoms with Gasteiger partial charge in [-0.15, -0.1) is 0 Å². The van der Waals surface area contributed by atoms with Gasteiger partial charge in [0.1, 0.15) is 6.61 Å². The fourth-order valence-corrected chi connectivity index (χ4v) is 4.35. The smallest absolute Gasteiger partial charge is 0.151 e. The van der Waals surface area contributed by atoms with Gasteiger partial charge in [-0.3, -0.25) is 20.0 Å². The zero-order valence-electron chi connectivity index (χ0n) is 24.9. The van der Waals surface area contributed by atoms with Gasteiger partial charge in [0.05, 0.1) is 46.3 Å². The Labute approximate surface area is 269 Å². The van der Waals surface area contributed by atoms with Crippen LogP contribution in [0.25, 0.3) is 0 Å². The first-order valence-corrected chi connectivity index (χ1v) is 14.7. The molecule has 0 spiro atoms. The molecule has 5 nitrogen and oxygen atoms in total. The summed E-state index contributed by atoms with van der Waals surface area (Å²) in [5, 5.41) is 0. The number of para-hydroxylation sites is 1. The Hall–Kier alpha value is -6.56. The van der Waals surface area contributed by atoms with Crippen molar-refractivity contribution in [3.8, 4) is 29.4 Å². The van der Waals surface area contributed by atoms with Crippen molar-refractivity contribution in [2.75, 3.05) is 0 Å². The van der Waals surface area contributed by atoms with E-state index >= 15 is 0 Å². The van der Waals surface area contributed by atoms with Gasteiger partial charge in [-0.2, -0.15) is 0 Å². The van der Waals surface area contributed by atoms with Gasteiger partial charge in [-0.25, -0.2) is 0 Å². The highest BCUT2D eigenvalue weighted by Gasteiger charge is 2.08. The van der Waals surface area contributed by atoms with Crippen molar-refractivity contribution in [1.82, 2.24) is 9.97 Å². The van der Waals surface area contributed by atoms with Crippen LogP contribution in [0.5, 0.6) is 5.75 Å². The topological polar surface area (TPSA) is 59.7 Å². The zero-order chi connectivity index (χ0) is 31.2. The van der Waals surface area contributed by atoms with E-state index in [0.717, 1.165) is 50.6 Å². The van der Waals surface area contributed by atoms with Crippen LogP contribution in [-0.4, -0.2) is 22.4 Å². The summed E-state index contributed by atoms with van der Waals surface area (Å²) in [6.45, 7) is 0.403. The molecule has 5 heteroatoms. The number of ether oxygens (including phenoxy) is 1. The first-order valence-electron chi connectivity index (χ1n) is 14.7. The van der Waals surface area contributed by atoms with Gasteiger partial charge in [0, 0.05) is 23.5 Å². The highest BCUT2D eigenvalue weighted by molar-refractivity contribution is 5.80. The monoisotopic (exact) mass is 592 g/mol. The van der Waals surface area contributed by atoms with Crippen LogP contribution < -0.4 is 4.74 Å². The minimum atomic E-state index is 0.403. The maximum Gasteiger partial charge on any atom is 0.151 e. The van der Waals surface area contributed by atoms with Gasteiger partial charge in [0.25, 0.3) is 0 Å². The standard InChI is InChI=1S/C41H28N4O/c1-2-9-34(10-3-1)31-46-41-35(21-15-32-17-23-37(24-18-32)44-29-39-13-4-6-27-42-39)11-8-12-36(41)22-16-33-19-25-38(26-20-33)45-30-40-14-5-7-28-43-40/h1-14,17-20,23-30H,31H2. The first-order chi connectivity index (χ1) is 22.8. The molecule has 46 heavy (non-hydrogen) atoms. The Kier molecular flexibility index (Phi) is 9.78. The molecule has 0 fully saturated rings. The lowest BCUT2D eigenvalue weighted by atomic mass is 10.1. The van der Waals surface area contributed by atoms with Crippen LogP contribution in [0.1, 0.15) is 39.2 Å². The molecule has 0 N–H and O–H groups in total. The van der Waals surface area contributed by atoms with Gasteiger partial charge >= 0.3 is 0 Å². The van der Waals surface area contributed by atoms with Crippen molar-refractivity contribution in [2.45, 2.75) is 6.61 Å². The number of nitrogens with zero attached hydrogens (tertiary/aromatic N) is 4. The molecule has 218 valence electrons. The second kappa shape index (κ2) is 15.3. The summed E-state index contributed by atoms with van der Waals surface area (Å²) in [5.74, 6) is 13.8. The molecular weight excluding hydrogens is 564 g/mol. The summed E-state index contributed by atoms with van der Waals surface area (Å²) in [6.07, 6.45) is 6.99. The maximum atomic E-state index is 6.36. The van der Waals surface area contributed by atoms with Crippen LogP contribution in [0.2, 0.25) is 0 Å². The molecule has 0 saturated carbocycles. The van der Waals surface area contributed by atoms with E-state index in [4.69, 9.17) is 4.74 Å². The Morgan fingerprint density at radius 2 is 1.00 bits per heavy atom. The van der Waals surface area contributed by atoms with Crippen LogP contribution >= 0.6 is 0 Å². The fraction of sp³-hybridized carbons (Fsp3) is 0.0244. The lowest BCUT2D eigenvalue weighted by molar-refractivity contribution is 0.304. The first kappa shape index (κ1) is 29.5. The Balaban J connectivity index is 1.22. The molecule has 2 heterocycles. The van der Waals surface area contributed by atoms with Crippen molar-refractivity contribution in [1.29, 1.82) is 0 Å². The van der Waals surface area contributed by atoms with E-state index in [9.17, 15) is 0 Å². The van der Waals surface area contributed by atoms with Crippen LogP contribution in [0.4, 0.5) is 11.4 Å². The number of benzene rings is 4. The van der Waals surface area contributed by atoms with Crippen molar-refractivity contribution in [2.24, 2.45) is 9.98 Å². The summed E-state index contributed by atoms with van der Waals surface area (Å²) >= 11 is 0. The summed E-state index contributed by atoms with van der Waals surface area (Å²) in [7, 11) is 0. The SMILES string of the molecule is C(#Cc1cccc(C#Cc2ccc(N=Cc3ccccn3)cc2)c1OCc1ccccc1)c1ccc(N=Cc2ccccn2)cc1. The van der Waals surface area contributed by atoms with Gasteiger partial charge in [-0.1, -0.05) is 72.2 Å². The highest BCUT2D eigenvalue weighted by Crippen LogP contribution is 2.25. The van der Waals surface area contributed by atoms with Crippen LogP contribution in [-0.2, 0) is 6.61 Å². The molecule has 6 rings (SSSR count). The third-order valence-corrected chi connectivity index (χ3v) is 6.73. The van der Waals surface area contributed by atoms with E-state index in [1.807, 2.05) is 133 Å². The van der Waals surface area contributed by atoms with Crippen LogP contribution in [0.3, 0.4) is 0 Å². The van der Waals surface area contributed by atoms with Crippen molar-refractivity contribution < 1.29 is 4.74 Å². The van der Waals surface area contributed by atoms with E-state index in [-0.39, 0.29) is 0 Å². The summed E-state index contributed by atoms with van der Waals surface area (Å²) in [5.41, 5.74) is 7.59. The third-order valence-electron chi connectivity index (χ3n) is 6.73. The number of hydrogen-bond acceptors (Lipinski definition) is 5.